The molecule has 3 N–H and O–H groups in total. The van der Waals surface area contributed by atoms with Crippen LogP contribution in [0.4, 0.5) is 15.8 Å². The van der Waals surface area contributed by atoms with Gasteiger partial charge in [0.2, 0.25) is 0 Å². The lowest BCUT2D eigenvalue weighted by atomic mass is 10.1. The van der Waals surface area contributed by atoms with Crippen LogP contribution in [0, 0.1) is 5.82 Å². The monoisotopic (exact) mass is 308 g/mol. The number of hydrogen-bond donors (Lipinski definition) is 2. The molecule has 0 aliphatic rings. The summed E-state index contributed by atoms with van der Waals surface area (Å²) in [6.45, 7) is 0.646. The van der Waals surface area contributed by atoms with Crippen molar-refractivity contribution >= 4 is 27.3 Å². The Kier molecular flexibility index (Phi) is 4.20. The van der Waals surface area contributed by atoms with E-state index in [4.69, 9.17) is 5.73 Å². The molecule has 2 nitrogen and oxygen atoms in total. The maximum Gasteiger partial charge on any atom is 0.126 e. The van der Waals surface area contributed by atoms with Crippen LogP contribution < -0.4 is 11.1 Å². The van der Waals surface area contributed by atoms with Gasteiger partial charge in [-0.3, -0.25) is 0 Å². The van der Waals surface area contributed by atoms with Gasteiger partial charge in [0.05, 0.1) is 11.4 Å². The topological polar surface area (TPSA) is 38.0 Å². The van der Waals surface area contributed by atoms with Gasteiger partial charge < -0.3 is 11.1 Å². The molecule has 0 saturated heterocycles. The van der Waals surface area contributed by atoms with Crippen LogP contribution in [0.15, 0.2) is 46.9 Å². The molecule has 0 fully saturated rings. The zero-order valence-corrected chi connectivity index (χ0v) is 11.4. The molecule has 0 saturated carbocycles. The van der Waals surface area contributed by atoms with Crippen molar-refractivity contribution in [3.8, 4) is 0 Å². The Morgan fingerprint density at radius 1 is 1.17 bits per heavy atom. The normalized spacial score (nSPS) is 10.3. The van der Waals surface area contributed by atoms with Crippen LogP contribution in [-0.4, -0.2) is 6.54 Å². The minimum atomic E-state index is -0.164. The molecule has 0 aliphatic carbocycles. The molecule has 0 bridgehead atoms. The Balaban J connectivity index is 1.95. The summed E-state index contributed by atoms with van der Waals surface area (Å²) < 4.78 is 14.3. The van der Waals surface area contributed by atoms with Crippen molar-refractivity contribution in [2.24, 2.45) is 0 Å². The van der Waals surface area contributed by atoms with Crippen molar-refractivity contribution in [1.29, 1.82) is 0 Å². The molecule has 18 heavy (non-hydrogen) atoms. The number of nitrogens with two attached hydrogens (primary N) is 1. The molecule has 0 atom stereocenters. The summed E-state index contributed by atoms with van der Waals surface area (Å²) >= 11 is 3.35. The summed E-state index contributed by atoms with van der Waals surface area (Å²) in [6, 6.07) is 12.5. The molecule has 0 heterocycles. The maximum atomic E-state index is 13.4. The summed E-state index contributed by atoms with van der Waals surface area (Å²) in [5.41, 5.74) is 8.12. The van der Waals surface area contributed by atoms with Crippen LogP contribution in [0.1, 0.15) is 5.56 Å². The fourth-order valence-corrected chi connectivity index (χ4v) is 2.11. The van der Waals surface area contributed by atoms with Gasteiger partial charge in [0, 0.05) is 11.0 Å². The zero-order valence-electron chi connectivity index (χ0n) is 9.79. The average Bonchev–Trinajstić information content (AvgIpc) is 2.34. The molecule has 0 radical (unpaired) electrons. The third kappa shape index (κ3) is 3.23. The van der Waals surface area contributed by atoms with Crippen LogP contribution in [0.3, 0.4) is 0 Å². The first-order valence-electron chi connectivity index (χ1n) is 5.69. The van der Waals surface area contributed by atoms with Crippen LogP contribution in [0.5, 0.6) is 0 Å². The Bertz CT molecular complexity index is 543. The standard InChI is InChI=1S/C14H14BrFN2/c15-11-5-6-14(13(17)9-11)18-8-7-10-3-1-2-4-12(10)16/h1-6,9,18H,7-8,17H2. The number of nitrogen functional groups attached to an aromatic ring is 1. The molecule has 4 heteroatoms. The van der Waals surface area contributed by atoms with Gasteiger partial charge in [-0.1, -0.05) is 34.1 Å². The van der Waals surface area contributed by atoms with Crippen molar-refractivity contribution in [3.63, 3.8) is 0 Å². The van der Waals surface area contributed by atoms with Crippen molar-refractivity contribution in [2.75, 3.05) is 17.6 Å². The molecular formula is C14H14BrFN2. The van der Waals surface area contributed by atoms with Crippen molar-refractivity contribution < 1.29 is 4.39 Å². The van der Waals surface area contributed by atoms with E-state index in [0.29, 0.717) is 24.2 Å². The van der Waals surface area contributed by atoms with Gasteiger partial charge in [-0.05, 0) is 36.2 Å². The van der Waals surface area contributed by atoms with Gasteiger partial charge in [0.15, 0.2) is 0 Å². The first-order valence-corrected chi connectivity index (χ1v) is 6.48. The van der Waals surface area contributed by atoms with Crippen molar-refractivity contribution in [1.82, 2.24) is 0 Å². The molecule has 2 aromatic rings. The fourth-order valence-electron chi connectivity index (χ4n) is 1.73. The number of nitrogens with one attached hydrogen (secondary N) is 1. The number of anilines is 2. The molecule has 2 aromatic carbocycles. The third-order valence-corrected chi connectivity index (χ3v) is 3.17. The summed E-state index contributed by atoms with van der Waals surface area (Å²) in [5.74, 6) is -0.164. The Morgan fingerprint density at radius 3 is 2.67 bits per heavy atom. The van der Waals surface area contributed by atoms with Gasteiger partial charge in [-0.15, -0.1) is 0 Å². The lowest BCUT2D eigenvalue weighted by molar-refractivity contribution is 0.610. The molecule has 0 aliphatic heterocycles. The van der Waals surface area contributed by atoms with E-state index in [1.165, 1.54) is 6.07 Å². The molecule has 0 amide bonds. The van der Waals surface area contributed by atoms with Crippen molar-refractivity contribution in [2.45, 2.75) is 6.42 Å². The number of rotatable bonds is 4. The van der Waals surface area contributed by atoms with E-state index in [0.717, 1.165) is 10.2 Å². The maximum absolute atomic E-state index is 13.4. The summed E-state index contributed by atoms with van der Waals surface area (Å²) in [5, 5.41) is 3.20. The highest BCUT2D eigenvalue weighted by atomic mass is 79.9. The van der Waals surface area contributed by atoms with E-state index in [1.807, 2.05) is 24.3 Å². The quantitative estimate of drug-likeness (QED) is 0.843. The summed E-state index contributed by atoms with van der Waals surface area (Å²) in [7, 11) is 0. The molecule has 0 aromatic heterocycles. The Morgan fingerprint density at radius 2 is 1.94 bits per heavy atom. The predicted octanol–water partition coefficient (Wildman–Crippen LogP) is 3.83. The number of benzene rings is 2. The van der Waals surface area contributed by atoms with Gasteiger partial charge >= 0.3 is 0 Å². The zero-order chi connectivity index (χ0) is 13.0. The number of halogens is 2. The molecule has 2 rings (SSSR count). The van der Waals surface area contributed by atoms with Gasteiger partial charge in [-0.2, -0.15) is 0 Å². The van der Waals surface area contributed by atoms with E-state index >= 15 is 0 Å². The van der Waals surface area contributed by atoms with Crippen LogP contribution in [0.2, 0.25) is 0 Å². The highest BCUT2D eigenvalue weighted by Gasteiger charge is 2.02. The lowest BCUT2D eigenvalue weighted by Crippen LogP contribution is -2.07. The fraction of sp³-hybridized carbons (Fsp3) is 0.143. The van der Waals surface area contributed by atoms with Crippen LogP contribution in [0.25, 0.3) is 0 Å². The molecule has 0 unspecified atom stereocenters. The smallest absolute Gasteiger partial charge is 0.126 e. The van der Waals surface area contributed by atoms with Gasteiger partial charge in [0.1, 0.15) is 5.82 Å². The second-order valence-corrected chi connectivity index (χ2v) is 4.92. The van der Waals surface area contributed by atoms with Gasteiger partial charge in [-0.25, -0.2) is 4.39 Å². The van der Waals surface area contributed by atoms with E-state index < -0.39 is 0 Å². The van der Waals surface area contributed by atoms with Gasteiger partial charge in [0.25, 0.3) is 0 Å². The van der Waals surface area contributed by atoms with Crippen LogP contribution >= 0.6 is 15.9 Å². The molecule has 0 spiro atoms. The first-order chi connectivity index (χ1) is 8.66. The minimum Gasteiger partial charge on any atom is -0.397 e. The van der Waals surface area contributed by atoms with E-state index in [-0.39, 0.29) is 5.82 Å². The highest BCUT2D eigenvalue weighted by Crippen LogP contribution is 2.22. The minimum absolute atomic E-state index is 0.164. The van der Waals surface area contributed by atoms with Crippen LogP contribution in [-0.2, 0) is 6.42 Å². The van der Waals surface area contributed by atoms with Crippen molar-refractivity contribution in [3.05, 3.63) is 58.3 Å². The van der Waals surface area contributed by atoms with E-state index in [1.54, 1.807) is 12.1 Å². The largest absolute Gasteiger partial charge is 0.397 e. The average molecular weight is 309 g/mol. The van der Waals surface area contributed by atoms with E-state index in [9.17, 15) is 4.39 Å². The number of hydrogen-bond acceptors (Lipinski definition) is 2. The second-order valence-electron chi connectivity index (χ2n) is 4.00. The predicted molar refractivity (Wildman–Crippen MR) is 77.1 cm³/mol. The third-order valence-electron chi connectivity index (χ3n) is 2.68. The summed E-state index contributed by atoms with van der Waals surface area (Å²) in [6.07, 6.45) is 0.627. The Labute approximate surface area is 114 Å². The SMILES string of the molecule is Nc1cc(Br)ccc1NCCc1ccccc1F. The summed E-state index contributed by atoms with van der Waals surface area (Å²) in [4.78, 5) is 0. The van der Waals surface area contributed by atoms with E-state index in [2.05, 4.69) is 21.2 Å². The molecular weight excluding hydrogens is 295 g/mol. The lowest BCUT2D eigenvalue weighted by Gasteiger charge is -2.10. The first kappa shape index (κ1) is 12.9. The molecule has 94 valence electrons. The second kappa shape index (κ2) is 5.87. The highest BCUT2D eigenvalue weighted by molar-refractivity contribution is 9.10. The Hall–Kier alpha value is -1.55.